The van der Waals surface area contributed by atoms with Gasteiger partial charge in [-0.15, -0.1) is 0 Å². The number of anilines is 2. The number of benzene rings is 3. The van der Waals surface area contributed by atoms with Gasteiger partial charge in [-0.2, -0.15) is 4.21 Å². The molecule has 0 aromatic heterocycles. The number of carbonyl (C=O) groups is 2. The number of carboxylic acid groups (broad SMARTS) is 1. The third-order valence-corrected chi connectivity index (χ3v) is 4.20. The van der Waals surface area contributed by atoms with Crippen molar-refractivity contribution in [1.82, 2.24) is 0 Å². The van der Waals surface area contributed by atoms with Gasteiger partial charge in [0, 0.05) is 15.7 Å². The molecule has 0 aliphatic carbocycles. The Morgan fingerprint density at radius 3 is 2.07 bits per heavy atom. The smallest absolute Gasteiger partial charge is 0.335 e. The lowest BCUT2D eigenvalue weighted by atomic mass is 10.1. The summed E-state index contributed by atoms with van der Waals surface area (Å²) in [4.78, 5) is 29.0. The SMILES string of the molecule is O=C(O)c1ccc(NC(=O)c2cc(Cl)ccc2NOc2ccc(Cl)cc2)cc1.O=S. The molecule has 3 rings (SSSR count). The first-order valence-corrected chi connectivity index (χ1v) is 9.30. The standard InChI is InChI=1S/C20H14Cl2N2O4.OS/c21-13-3-8-16(9-4-13)28-24-18-10-5-14(22)11-17(18)19(25)23-15-6-1-12(2-7-15)20(26)27;1-2/h1-11,24H,(H,23,25)(H,26,27);. The summed E-state index contributed by atoms with van der Waals surface area (Å²) in [5, 5.41) is 12.6. The summed E-state index contributed by atoms with van der Waals surface area (Å²) in [6.07, 6.45) is 0. The zero-order valence-corrected chi connectivity index (χ0v) is 17.4. The third kappa shape index (κ3) is 6.41. The van der Waals surface area contributed by atoms with E-state index in [0.29, 0.717) is 27.2 Å². The van der Waals surface area contributed by atoms with Gasteiger partial charge < -0.3 is 15.3 Å². The average Bonchev–Trinajstić information content (AvgIpc) is 2.75. The fourth-order valence-electron chi connectivity index (χ4n) is 2.30. The zero-order chi connectivity index (χ0) is 22.1. The largest absolute Gasteiger partial charge is 0.478 e. The zero-order valence-electron chi connectivity index (χ0n) is 15.1. The van der Waals surface area contributed by atoms with Gasteiger partial charge in [-0.25, -0.2) is 10.3 Å². The van der Waals surface area contributed by atoms with Gasteiger partial charge in [0.2, 0.25) is 0 Å². The van der Waals surface area contributed by atoms with Gasteiger partial charge in [-0.3, -0.25) is 4.79 Å². The predicted molar refractivity (Wildman–Crippen MR) is 117 cm³/mol. The van der Waals surface area contributed by atoms with Crippen molar-refractivity contribution < 1.29 is 23.7 Å². The number of hydrogen-bond donors (Lipinski definition) is 3. The second kappa shape index (κ2) is 11.1. The maximum atomic E-state index is 12.7. The van der Waals surface area contributed by atoms with Crippen LogP contribution in [0, 0.1) is 0 Å². The van der Waals surface area contributed by atoms with Crippen molar-refractivity contribution in [1.29, 1.82) is 0 Å². The van der Waals surface area contributed by atoms with Crippen LogP contribution in [0.25, 0.3) is 0 Å². The van der Waals surface area contributed by atoms with E-state index in [1.54, 1.807) is 36.4 Å². The second-order valence-electron chi connectivity index (χ2n) is 5.68. The van der Waals surface area contributed by atoms with Crippen LogP contribution in [-0.4, -0.2) is 21.2 Å². The first-order valence-electron chi connectivity index (χ1n) is 8.22. The van der Waals surface area contributed by atoms with Gasteiger partial charge in [-0.05, 0) is 66.7 Å². The van der Waals surface area contributed by atoms with E-state index in [1.165, 1.54) is 30.3 Å². The second-order valence-corrected chi connectivity index (χ2v) is 6.56. The summed E-state index contributed by atoms with van der Waals surface area (Å²) >= 11 is 14.7. The molecule has 0 aliphatic heterocycles. The van der Waals surface area contributed by atoms with E-state index in [4.69, 9.17) is 37.4 Å². The Kier molecular flexibility index (Phi) is 8.54. The minimum atomic E-state index is -1.04. The molecule has 3 aromatic carbocycles. The van der Waals surface area contributed by atoms with Gasteiger partial charge in [0.15, 0.2) is 18.3 Å². The Bertz CT molecular complexity index is 1030. The molecule has 10 heteroatoms. The molecule has 0 radical (unpaired) electrons. The third-order valence-electron chi connectivity index (χ3n) is 3.71. The number of amides is 1. The Morgan fingerprint density at radius 1 is 0.867 bits per heavy atom. The normalized spacial score (nSPS) is 9.67. The van der Waals surface area contributed by atoms with E-state index in [9.17, 15) is 9.59 Å². The van der Waals surface area contributed by atoms with Crippen molar-refractivity contribution in [2.24, 2.45) is 0 Å². The molecule has 30 heavy (non-hydrogen) atoms. The van der Waals surface area contributed by atoms with Crippen LogP contribution in [0.2, 0.25) is 10.0 Å². The number of rotatable bonds is 6. The Hall–Kier alpha value is -3.20. The minimum absolute atomic E-state index is 0.125. The van der Waals surface area contributed by atoms with E-state index in [1.807, 2.05) is 0 Å². The summed E-state index contributed by atoms with van der Waals surface area (Å²) < 4.78 is 7.83. The van der Waals surface area contributed by atoms with Crippen molar-refractivity contribution in [3.05, 3.63) is 87.9 Å². The van der Waals surface area contributed by atoms with Crippen molar-refractivity contribution in [3.63, 3.8) is 0 Å². The molecule has 0 fully saturated rings. The van der Waals surface area contributed by atoms with Crippen LogP contribution < -0.4 is 15.6 Å². The van der Waals surface area contributed by atoms with E-state index in [2.05, 4.69) is 23.3 Å². The number of hydrogen-bond acceptors (Lipinski definition) is 6. The number of carbonyl (C=O) groups excluding carboxylic acids is 1. The average molecular weight is 465 g/mol. The lowest BCUT2D eigenvalue weighted by Crippen LogP contribution is -2.16. The molecular weight excluding hydrogens is 451 g/mol. The topological polar surface area (TPSA) is 105 Å². The first kappa shape index (κ1) is 23.1. The minimum Gasteiger partial charge on any atom is -0.478 e. The fourth-order valence-corrected chi connectivity index (χ4v) is 2.60. The molecule has 0 spiro atoms. The molecular formula is C20H14Cl2N2O5S. The van der Waals surface area contributed by atoms with Crippen molar-refractivity contribution in [2.75, 3.05) is 10.8 Å². The highest BCUT2D eigenvalue weighted by atomic mass is 35.5. The van der Waals surface area contributed by atoms with Crippen molar-refractivity contribution in [3.8, 4) is 5.75 Å². The van der Waals surface area contributed by atoms with E-state index in [0.717, 1.165) is 0 Å². The summed E-state index contributed by atoms with van der Waals surface area (Å²) in [6, 6.07) is 17.2. The molecule has 0 saturated carbocycles. The molecule has 0 bridgehead atoms. The summed E-state index contributed by atoms with van der Waals surface area (Å²) in [5.41, 5.74) is 3.95. The molecule has 3 aromatic rings. The van der Waals surface area contributed by atoms with Crippen LogP contribution in [0.4, 0.5) is 11.4 Å². The highest BCUT2D eigenvalue weighted by Crippen LogP contribution is 2.24. The molecule has 0 heterocycles. The highest BCUT2D eigenvalue weighted by molar-refractivity contribution is 7.44. The van der Waals surface area contributed by atoms with Gasteiger partial charge in [0.1, 0.15) is 0 Å². The Labute approximate surface area is 187 Å². The van der Waals surface area contributed by atoms with E-state index < -0.39 is 11.9 Å². The predicted octanol–water partition coefficient (Wildman–Crippen LogP) is 5.01. The van der Waals surface area contributed by atoms with Crippen LogP contribution in [-0.2, 0) is 12.5 Å². The first-order chi connectivity index (χ1) is 14.4. The lowest BCUT2D eigenvalue weighted by Gasteiger charge is -2.13. The molecule has 1 amide bonds. The van der Waals surface area contributed by atoms with Crippen molar-refractivity contribution in [2.45, 2.75) is 0 Å². The fraction of sp³-hybridized carbons (Fsp3) is 0. The summed E-state index contributed by atoms with van der Waals surface area (Å²) in [7, 11) is 0. The van der Waals surface area contributed by atoms with Crippen LogP contribution in [0.15, 0.2) is 66.7 Å². The monoisotopic (exact) mass is 464 g/mol. The summed E-state index contributed by atoms with van der Waals surface area (Å²) in [6.45, 7) is 0. The molecule has 0 aliphatic rings. The van der Waals surface area contributed by atoms with Crippen LogP contribution in [0.1, 0.15) is 20.7 Å². The van der Waals surface area contributed by atoms with Gasteiger partial charge in [0.25, 0.3) is 5.91 Å². The number of aromatic carboxylic acids is 1. The van der Waals surface area contributed by atoms with E-state index in [-0.39, 0.29) is 11.1 Å². The van der Waals surface area contributed by atoms with Crippen LogP contribution in [0.5, 0.6) is 5.75 Å². The maximum Gasteiger partial charge on any atom is 0.335 e. The summed E-state index contributed by atoms with van der Waals surface area (Å²) in [5.74, 6) is -0.971. The Balaban J connectivity index is 0.00000155. The van der Waals surface area contributed by atoms with Gasteiger partial charge in [0.05, 0.1) is 16.8 Å². The molecule has 154 valence electrons. The van der Waals surface area contributed by atoms with E-state index >= 15 is 0 Å². The van der Waals surface area contributed by atoms with Crippen LogP contribution in [0.3, 0.4) is 0 Å². The Morgan fingerprint density at radius 2 is 1.47 bits per heavy atom. The maximum absolute atomic E-state index is 12.7. The molecule has 0 unspecified atom stereocenters. The number of halogens is 2. The number of carboxylic acids is 1. The highest BCUT2D eigenvalue weighted by Gasteiger charge is 2.14. The van der Waals surface area contributed by atoms with Gasteiger partial charge >= 0.3 is 5.97 Å². The quantitative estimate of drug-likeness (QED) is 0.440. The molecule has 0 saturated heterocycles. The van der Waals surface area contributed by atoms with Gasteiger partial charge in [-0.1, -0.05) is 23.2 Å². The molecule has 0 atom stereocenters. The van der Waals surface area contributed by atoms with Crippen molar-refractivity contribution >= 4 is 59.0 Å². The van der Waals surface area contributed by atoms with Crippen LogP contribution >= 0.6 is 23.2 Å². The number of nitrogens with one attached hydrogen (secondary N) is 2. The molecule has 3 N–H and O–H groups in total. The molecule has 7 nitrogen and oxygen atoms in total. The lowest BCUT2D eigenvalue weighted by molar-refractivity contribution is 0.0696.